The molecule has 0 bridgehead atoms. The van der Waals surface area contributed by atoms with E-state index < -0.39 is 0 Å². The molecule has 1 amide bonds. The van der Waals surface area contributed by atoms with Crippen molar-refractivity contribution < 1.29 is 4.79 Å². The van der Waals surface area contributed by atoms with Crippen LogP contribution < -0.4 is 5.32 Å². The second-order valence-corrected chi connectivity index (χ2v) is 7.66. The number of benzene rings is 1. The number of anilines is 1. The maximum absolute atomic E-state index is 12.6. The van der Waals surface area contributed by atoms with Gasteiger partial charge in [-0.2, -0.15) is 16.9 Å². The summed E-state index contributed by atoms with van der Waals surface area (Å²) in [5.74, 6) is 2.61. The lowest BCUT2D eigenvalue weighted by Gasteiger charge is -2.23. The minimum Gasteiger partial charge on any atom is -0.306 e. The van der Waals surface area contributed by atoms with Crippen molar-refractivity contribution in [2.45, 2.75) is 44.7 Å². The number of nitrogens with zero attached hydrogens (tertiary/aromatic N) is 2. The van der Waals surface area contributed by atoms with E-state index in [1.807, 2.05) is 47.6 Å². The summed E-state index contributed by atoms with van der Waals surface area (Å²) in [5.41, 5.74) is 3.86. The molecule has 0 aliphatic carbocycles. The van der Waals surface area contributed by atoms with Crippen LogP contribution in [-0.2, 0) is 17.0 Å². The van der Waals surface area contributed by atoms with E-state index in [9.17, 15) is 4.79 Å². The van der Waals surface area contributed by atoms with Crippen LogP contribution in [0.3, 0.4) is 0 Å². The summed E-state index contributed by atoms with van der Waals surface area (Å²) in [4.78, 5) is 12.6. The first-order chi connectivity index (χ1) is 10.4. The van der Waals surface area contributed by atoms with Gasteiger partial charge in [0.2, 0.25) is 0 Å². The number of fused-ring (bicyclic) bond motifs is 1. The smallest absolute Gasteiger partial charge is 0.256 e. The van der Waals surface area contributed by atoms with Crippen LogP contribution in [0.15, 0.2) is 24.3 Å². The van der Waals surface area contributed by atoms with Crippen LogP contribution in [0.4, 0.5) is 5.82 Å². The predicted molar refractivity (Wildman–Crippen MR) is 91.4 cm³/mol. The van der Waals surface area contributed by atoms with Crippen molar-refractivity contribution in [1.29, 1.82) is 0 Å². The summed E-state index contributed by atoms with van der Waals surface area (Å²) < 4.78 is 1.95. The first-order valence-corrected chi connectivity index (χ1v) is 8.59. The molecule has 0 fully saturated rings. The fourth-order valence-corrected chi connectivity index (χ4v) is 3.63. The minimum atomic E-state index is -0.162. The van der Waals surface area contributed by atoms with E-state index in [4.69, 9.17) is 5.10 Å². The number of thioether (sulfide) groups is 1. The third kappa shape index (κ3) is 2.77. The standard InChI is InChI=1S/C17H21N3OS/c1-11-6-5-7-12(8-11)16(21)18-15-13-9-22-10-14(13)19-20(15)17(2,3)4/h5-8H,9-10H2,1-4H3,(H,18,21). The molecule has 5 heteroatoms. The van der Waals surface area contributed by atoms with Crippen molar-refractivity contribution >= 4 is 23.5 Å². The first-order valence-electron chi connectivity index (χ1n) is 7.43. The number of nitrogens with one attached hydrogen (secondary N) is 1. The van der Waals surface area contributed by atoms with Crippen LogP contribution in [0.1, 0.15) is 48.0 Å². The maximum Gasteiger partial charge on any atom is 0.256 e. The Bertz CT molecular complexity index is 728. The van der Waals surface area contributed by atoms with Crippen molar-refractivity contribution in [3.8, 4) is 0 Å². The van der Waals surface area contributed by atoms with Crippen molar-refractivity contribution in [3.05, 3.63) is 46.6 Å². The van der Waals surface area contributed by atoms with Crippen LogP contribution in [0.2, 0.25) is 0 Å². The first kappa shape index (κ1) is 15.2. The Morgan fingerprint density at radius 2 is 2.09 bits per heavy atom. The molecule has 0 atom stereocenters. The molecular formula is C17H21N3OS. The minimum absolute atomic E-state index is 0.0752. The molecule has 2 aromatic rings. The number of hydrogen-bond donors (Lipinski definition) is 1. The highest BCUT2D eigenvalue weighted by atomic mass is 32.2. The lowest BCUT2D eigenvalue weighted by atomic mass is 10.1. The maximum atomic E-state index is 12.6. The summed E-state index contributed by atoms with van der Waals surface area (Å²) in [6, 6.07) is 7.65. The molecule has 1 aromatic heterocycles. The van der Waals surface area contributed by atoms with Gasteiger partial charge in [0, 0.05) is 22.6 Å². The van der Waals surface area contributed by atoms with Gasteiger partial charge < -0.3 is 5.32 Å². The summed E-state index contributed by atoms with van der Waals surface area (Å²) in [6.45, 7) is 8.30. The molecule has 3 rings (SSSR count). The third-order valence-electron chi connectivity index (χ3n) is 3.70. The molecule has 0 saturated heterocycles. The van der Waals surface area contributed by atoms with Crippen molar-refractivity contribution in [2.75, 3.05) is 5.32 Å². The highest BCUT2D eigenvalue weighted by molar-refractivity contribution is 7.98. The Kier molecular flexibility index (Phi) is 3.77. The Morgan fingerprint density at radius 1 is 1.32 bits per heavy atom. The summed E-state index contributed by atoms with van der Waals surface area (Å²) in [5, 5.41) is 7.80. The van der Waals surface area contributed by atoms with E-state index in [2.05, 4.69) is 26.1 Å². The van der Waals surface area contributed by atoms with Crippen molar-refractivity contribution in [2.24, 2.45) is 0 Å². The van der Waals surface area contributed by atoms with Gasteiger partial charge >= 0.3 is 0 Å². The highest BCUT2D eigenvalue weighted by Crippen LogP contribution is 2.37. The quantitative estimate of drug-likeness (QED) is 0.913. The molecule has 0 spiro atoms. The number of hydrogen-bond acceptors (Lipinski definition) is 3. The highest BCUT2D eigenvalue weighted by Gasteiger charge is 2.28. The average molecular weight is 315 g/mol. The van der Waals surface area contributed by atoms with Gasteiger partial charge in [-0.3, -0.25) is 4.79 Å². The van der Waals surface area contributed by atoms with Gasteiger partial charge in [-0.15, -0.1) is 0 Å². The number of aromatic nitrogens is 2. The molecule has 1 aliphatic rings. The number of amides is 1. The van der Waals surface area contributed by atoms with Crippen LogP contribution in [0.5, 0.6) is 0 Å². The second kappa shape index (κ2) is 5.47. The van der Waals surface area contributed by atoms with Gasteiger partial charge in [0.1, 0.15) is 5.82 Å². The molecule has 4 nitrogen and oxygen atoms in total. The van der Waals surface area contributed by atoms with E-state index in [-0.39, 0.29) is 11.4 Å². The predicted octanol–water partition coefficient (Wildman–Crippen LogP) is 3.95. The van der Waals surface area contributed by atoms with Gasteiger partial charge in [-0.25, -0.2) is 4.68 Å². The van der Waals surface area contributed by atoms with E-state index >= 15 is 0 Å². The SMILES string of the molecule is Cc1cccc(C(=O)Nc2c3c(nn2C(C)(C)C)CSC3)c1. The summed E-state index contributed by atoms with van der Waals surface area (Å²) in [6.07, 6.45) is 0. The zero-order chi connectivity index (χ0) is 15.9. The molecular weight excluding hydrogens is 294 g/mol. The normalized spacial score (nSPS) is 14.0. The lowest BCUT2D eigenvalue weighted by Crippen LogP contribution is -2.27. The Hall–Kier alpha value is -1.75. The van der Waals surface area contributed by atoms with Crippen molar-refractivity contribution in [3.63, 3.8) is 0 Å². The monoisotopic (exact) mass is 315 g/mol. The second-order valence-electron chi connectivity index (χ2n) is 6.67. The van der Waals surface area contributed by atoms with Crippen molar-refractivity contribution in [1.82, 2.24) is 9.78 Å². The molecule has 22 heavy (non-hydrogen) atoms. The largest absolute Gasteiger partial charge is 0.306 e. The fourth-order valence-electron chi connectivity index (χ4n) is 2.59. The molecule has 0 saturated carbocycles. The Morgan fingerprint density at radius 3 is 2.77 bits per heavy atom. The average Bonchev–Trinajstić information content (AvgIpc) is 3.00. The van der Waals surface area contributed by atoms with E-state index in [0.29, 0.717) is 5.56 Å². The Balaban J connectivity index is 1.97. The van der Waals surface area contributed by atoms with Crippen LogP contribution in [-0.4, -0.2) is 15.7 Å². The van der Waals surface area contributed by atoms with Gasteiger partial charge in [-0.1, -0.05) is 17.7 Å². The zero-order valence-electron chi connectivity index (χ0n) is 13.4. The zero-order valence-corrected chi connectivity index (χ0v) is 14.3. The van der Waals surface area contributed by atoms with Gasteiger partial charge in [0.15, 0.2) is 0 Å². The third-order valence-corrected chi connectivity index (χ3v) is 4.67. The summed E-state index contributed by atoms with van der Waals surface area (Å²) in [7, 11) is 0. The fraction of sp³-hybridized carbons (Fsp3) is 0.412. The van der Waals surface area contributed by atoms with Crippen LogP contribution in [0.25, 0.3) is 0 Å². The molecule has 1 aliphatic heterocycles. The van der Waals surface area contributed by atoms with Crippen LogP contribution >= 0.6 is 11.8 Å². The topological polar surface area (TPSA) is 46.9 Å². The molecule has 1 aromatic carbocycles. The summed E-state index contributed by atoms with van der Waals surface area (Å²) >= 11 is 1.84. The van der Waals surface area contributed by atoms with Gasteiger partial charge in [-0.05, 0) is 39.8 Å². The lowest BCUT2D eigenvalue weighted by molar-refractivity contribution is 0.102. The van der Waals surface area contributed by atoms with Crippen LogP contribution in [0, 0.1) is 6.92 Å². The number of rotatable bonds is 2. The molecule has 0 radical (unpaired) electrons. The van der Waals surface area contributed by atoms with E-state index in [0.717, 1.165) is 28.6 Å². The van der Waals surface area contributed by atoms with E-state index in [1.54, 1.807) is 0 Å². The molecule has 1 N–H and O–H groups in total. The molecule has 0 unspecified atom stereocenters. The number of carbonyl (C=O) groups excluding carboxylic acids is 1. The molecule has 2 heterocycles. The number of carbonyl (C=O) groups is 1. The van der Waals surface area contributed by atoms with Gasteiger partial charge in [0.05, 0.1) is 11.2 Å². The van der Waals surface area contributed by atoms with Gasteiger partial charge in [0.25, 0.3) is 5.91 Å². The molecule has 116 valence electrons. The Labute approximate surface area is 135 Å². The van der Waals surface area contributed by atoms with E-state index in [1.165, 1.54) is 5.56 Å². The number of aryl methyl sites for hydroxylation is 1.